The monoisotopic (exact) mass is 374 g/mol. The van der Waals surface area contributed by atoms with E-state index in [9.17, 15) is 0 Å². The molecular weight excluding hydrogens is 344 g/mol. The van der Waals surface area contributed by atoms with Crippen molar-refractivity contribution in [2.75, 3.05) is 33.9 Å². The van der Waals surface area contributed by atoms with Gasteiger partial charge in [0.1, 0.15) is 0 Å². The molecule has 1 aliphatic rings. The number of hydrogen-bond acceptors (Lipinski definition) is 4. The SMILES string of the molecule is CN=C(NCCCc1nc2ccccc2s1)NCC1(CCOC)CCC1. The number of rotatable bonds is 9. The van der Waals surface area contributed by atoms with Gasteiger partial charge in [0, 0.05) is 40.3 Å². The highest BCUT2D eigenvalue weighted by Gasteiger charge is 2.36. The lowest BCUT2D eigenvalue weighted by Gasteiger charge is -2.42. The van der Waals surface area contributed by atoms with Crippen LogP contribution in [0.15, 0.2) is 29.3 Å². The van der Waals surface area contributed by atoms with Crippen molar-refractivity contribution in [1.29, 1.82) is 0 Å². The van der Waals surface area contributed by atoms with E-state index in [4.69, 9.17) is 9.72 Å². The fourth-order valence-electron chi connectivity index (χ4n) is 3.48. The number of para-hydroxylation sites is 1. The quantitative estimate of drug-likeness (QED) is 0.400. The van der Waals surface area contributed by atoms with E-state index in [0.29, 0.717) is 5.41 Å². The number of nitrogens with one attached hydrogen (secondary N) is 2. The van der Waals surface area contributed by atoms with Gasteiger partial charge in [0.25, 0.3) is 0 Å². The third kappa shape index (κ3) is 4.95. The topological polar surface area (TPSA) is 58.5 Å². The molecule has 1 aromatic heterocycles. The molecule has 1 aliphatic carbocycles. The van der Waals surface area contributed by atoms with Gasteiger partial charge >= 0.3 is 0 Å². The average Bonchev–Trinajstić information content (AvgIpc) is 3.05. The van der Waals surface area contributed by atoms with Crippen LogP contribution in [0.1, 0.15) is 37.1 Å². The van der Waals surface area contributed by atoms with Crippen molar-refractivity contribution in [3.8, 4) is 0 Å². The number of aryl methyl sites for hydroxylation is 1. The Balaban J connectivity index is 1.38. The van der Waals surface area contributed by atoms with Gasteiger partial charge in [-0.05, 0) is 43.2 Å². The number of aliphatic imine (C=N–C) groups is 1. The van der Waals surface area contributed by atoms with E-state index in [1.54, 1.807) is 18.4 Å². The first-order valence-electron chi connectivity index (χ1n) is 9.53. The van der Waals surface area contributed by atoms with Gasteiger partial charge in [-0.3, -0.25) is 4.99 Å². The Morgan fingerprint density at radius 1 is 1.31 bits per heavy atom. The summed E-state index contributed by atoms with van der Waals surface area (Å²) in [5.74, 6) is 0.901. The Morgan fingerprint density at radius 3 is 2.85 bits per heavy atom. The number of nitrogens with zero attached hydrogens (tertiary/aromatic N) is 2. The van der Waals surface area contributed by atoms with Gasteiger partial charge in [-0.2, -0.15) is 0 Å². The molecule has 142 valence electrons. The van der Waals surface area contributed by atoms with E-state index in [2.05, 4.69) is 33.8 Å². The summed E-state index contributed by atoms with van der Waals surface area (Å²) in [5.41, 5.74) is 1.51. The number of benzene rings is 1. The minimum atomic E-state index is 0.397. The summed E-state index contributed by atoms with van der Waals surface area (Å²) in [5, 5.41) is 8.16. The van der Waals surface area contributed by atoms with E-state index < -0.39 is 0 Å². The van der Waals surface area contributed by atoms with E-state index >= 15 is 0 Å². The Morgan fingerprint density at radius 2 is 2.15 bits per heavy atom. The van der Waals surface area contributed by atoms with Crippen LogP contribution in [0, 0.1) is 5.41 Å². The molecular formula is C20H30N4OS. The van der Waals surface area contributed by atoms with Crippen LogP contribution >= 0.6 is 11.3 Å². The lowest BCUT2D eigenvalue weighted by molar-refractivity contribution is 0.0732. The number of methoxy groups -OCH3 is 1. The maximum Gasteiger partial charge on any atom is 0.190 e. The normalized spacial score (nSPS) is 16.5. The molecule has 2 aromatic rings. The van der Waals surface area contributed by atoms with E-state index in [1.165, 1.54) is 29.0 Å². The van der Waals surface area contributed by atoms with Crippen LogP contribution in [-0.2, 0) is 11.2 Å². The largest absolute Gasteiger partial charge is 0.385 e. The van der Waals surface area contributed by atoms with Crippen molar-refractivity contribution in [1.82, 2.24) is 15.6 Å². The van der Waals surface area contributed by atoms with Crippen molar-refractivity contribution < 1.29 is 4.74 Å². The molecule has 0 saturated heterocycles. The molecule has 1 saturated carbocycles. The molecule has 0 atom stereocenters. The molecule has 0 unspecified atom stereocenters. The molecule has 2 N–H and O–H groups in total. The molecule has 1 aromatic carbocycles. The fourth-order valence-corrected chi connectivity index (χ4v) is 4.48. The van der Waals surface area contributed by atoms with Crippen LogP contribution in [0.25, 0.3) is 10.2 Å². The highest BCUT2D eigenvalue weighted by molar-refractivity contribution is 7.18. The minimum Gasteiger partial charge on any atom is -0.385 e. The van der Waals surface area contributed by atoms with E-state index in [0.717, 1.165) is 50.4 Å². The van der Waals surface area contributed by atoms with Gasteiger partial charge in [-0.25, -0.2) is 4.98 Å². The second-order valence-electron chi connectivity index (χ2n) is 7.13. The summed E-state index contributed by atoms with van der Waals surface area (Å²) in [6.07, 6.45) is 7.09. The summed E-state index contributed by atoms with van der Waals surface area (Å²) in [7, 11) is 3.62. The van der Waals surface area contributed by atoms with Crippen molar-refractivity contribution in [3.05, 3.63) is 29.3 Å². The number of aromatic nitrogens is 1. The maximum absolute atomic E-state index is 5.27. The molecule has 0 bridgehead atoms. The van der Waals surface area contributed by atoms with Gasteiger partial charge < -0.3 is 15.4 Å². The van der Waals surface area contributed by atoms with Crippen molar-refractivity contribution in [2.24, 2.45) is 10.4 Å². The summed E-state index contributed by atoms with van der Waals surface area (Å²) in [6, 6.07) is 8.34. The van der Waals surface area contributed by atoms with Gasteiger partial charge in [0.2, 0.25) is 0 Å². The zero-order valence-electron chi connectivity index (χ0n) is 15.9. The van der Waals surface area contributed by atoms with Crippen LogP contribution in [0.2, 0.25) is 0 Å². The molecule has 0 spiro atoms. The molecule has 0 radical (unpaired) electrons. The van der Waals surface area contributed by atoms with Crippen LogP contribution in [0.3, 0.4) is 0 Å². The van der Waals surface area contributed by atoms with Crippen molar-refractivity contribution in [2.45, 2.75) is 38.5 Å². The molecule has 1 fully saturated rings. The summed E-state index contributed by atoms with van der Waals surface area (Å²) >= 11 is 1.80. The average molecular weight is 375 g/mol. The molecule has 6 heteroatoms. The van der Waals surface area contributed by atoms with Crippen LogP contribution in [0.5, 0.6) is 0 Å². The van der Waals surface area contributed by atoms with Crippen molar-refractivity contribution in [3.63, 3.8) is 0 Å². The third-order valence-corrected chi connectivity index (χ3v) is 6.40. The highest BCUT2D eigenvalue weighted by Crippen LogP contribution is 2.43. The summed E-state index contributed by atoms with van der Waals surface area (Å²) in [6.45, 7) is 2.73. The lowest BCUT2D eigenvalue weighted by atomic mass is 9.67. The first kappa shape index (κ1) is 19.1. The smallest absolute Gasteiger partial charge is 0.190 e. The van der Waals surface area contributed by atoms with E-state index in [1.807, 2.05) is 13.1 Å². The highest BCUT2D eigenvalue weighted by atomic mass is 32.1. The summed E-state index contributed by atoms with van der Waals surface area (Å²) < 4.78 is 6.54. The molecule has 3 rings (SSSR count). The molecule has 5 nitrogen and oxygen atoms in total. The Labute approximate surface area is 160 Å². The maximum atomic E-state index is 5.27. The number of fused-ring (bicyclic) bond motifs is 1. The molecule has 1 heterocycles. The zero-order valence-corrected chi connectivity index (χ0v) is 16.7. The Kier molecular flexibility index (Phi) is 6.86. The third-order valence-electron chi connectivity index (χ3n) is 5.30. The fraction of sp³-hybridized carbons (Fsp3) is 0.600. The zero-order chi connectivity index (χ0) is 18.2. The molecule has 26 heavy (non-hydrogen) atoms. The van der Waals surface area contributed by atoms with Gasteiger partial charge in [0.05, 0.1) is 15.2 Å². The summed E-state index contributed by atoms with van der Waals surface area (Å²) in [4.78, 5) is 9.06. The Hall–Kier alpha value is -1.66. The van der Waals surface area contributed by atoms with Crippen molar-refractivity contribution >= 4 is 27.5 Å². The van der Waals surface area contributed by atoms with Gasteiger partial charge in [-0.1, -0.05) is 18.6 Å². The van der Waals surface area contributed by atoms with E-state index in [-0.39, 0.29) is 0 Å². The van der Waals surface area contributed by atoms with Gasteiger partial charge in [0.15, 0.2) is 5.96 Å². The number of guanidine groups is 1. The standard InChI is InChI=1S/C20H30N4OS/c1-21-19(23-15-20(10-6-11-20)12-14-25-2)22-13-5-9-18-24-16-7-3-4-8-17(16)26-18/h3-4,7-8H,5-6,9-15H2,1-2H3,(H2,21,22,23). The van der Waals surface area contributed by atoms with Crippen LogP contribution < -0.4 is 10.6 Å². The minimum absolute atomic E-state index is 0.397. The van der Waals surface area contributed by atoms with Crippen LogP contribution in [-0.4, -0.2) is 44.8 Å². The predicted molar refractivity (Wildman–Crippen MR) is 110 cm³/mol. The number of ether oxygens (including phenoxy) is 1. The second kappa shape index (κ2) is 9.33. The Bertz CT molecular complexity index is 690. The van der Waals surface area contributed by atoms with Crippen LogP contribution in [0.4, 0.5) is 0 Å². The van der Waals surface area contributed by atoms with Gasteiger partial charge in [-0.15, -0.1) is 11.3 Å². The number of hydrogen-bond donors (Lipinski definition) is 2. The lowest BCUT2D eigenvalue weighted by Crippen LogP contribution is -2.47. The first-order valence-corrected chi connectivity index (χ1v) is 10.3. The number of thiazole rings is 1. The second-order valence-corrected chi connectivity index (χ2v) is 8.24. The molecule has 0 aliphatic heterocycles. The predicted octanol–water partition coefficient (Wildman–Crippen LogP) is 3.60. The first-order chi connectivity index (χ1) is 12.7. The molecule has 0 amide bonds.